The third-order valence-electron chi connectivity index (χ3n) is 2.79. The molecule has 5 nitrogen and oxygen atoms in total. The molecule has 5 N–H and O–H groups in total. The van der Waals surface area contributed by atoms with Crippen LogP contribution in [0.4, 0.5) is 11.4 Å². The topological polar surface area (TPSA) is 95.6 Å². The Labute approximate surface area is 110 Å². The number of hydrogen-bond donors (Lipinski definition) is 4. The predicted octanol–water partition coefficient (Wildman–Crippen LogP) is 2.24. The van der Waals surface area contributed by atoms with Gasteiger partial charge in [-0.25, -0.2) is 0 Å². The van der Waals surface area contributed by atoms with E-state index in [-0.39, 0.29) is 17.1 Å². The third kappa shape index (κ3) is 2.77. The maximum absolute atomic E-state index is 12.0. The van der Waals surface area contributed by atoms with Gasteiger partial charge in [0.05, 0.1) is 0 Å². The van der Waals surface area contributed by atoms with Crippen LogP contribution >= 0.6 is 0 Å². The molecule has 2 rings (SSSR count). The summed E-state index contributed by atoms with van der Waals surface area (Å²) in [5.41, 5.74) is 7.85. The predicted molar refractivity (Wildman–Crippen MR) is 73.3 cm³/mol. The fourth-order valence-corrected chi connectivity index (χ4v) is 1.71. The SMILES string of the molecule is Cc1c(N)cccc1NC(=O)c1cc(O)cc(O)c1. The number of hydrogen-bond acceptors (Lipinski definition) is 4. The maximum Gasteiger partial charge on any atom is 0.255 e. The molecule has 0 aromatic heterocycles. The lowest BCUT2D eigenvalue weighted by Gasteiger charge is -2.10. The van der Waals surface area contributed by atoms with Crippen LogP contribution in [-0.2, 0) is 0 Å². The molecule has 1 amide bonds. The number of phenolic OH excluding ortho intramolecular Hbond substituents is 2. The van der Waals surface area contributed by atoms with Crippen LogP contribution in [0.15, 0.2) is 36.4 Å². The molecule has 0 bridgehead atoms. The van der Waals surface area contributed by atoms with E-state index in [1.165, 1.54) is 12.1 Å². The van der Waals surface area contributed by atoms with Crippen molar-refractivity contribution in [3.63, 3.8) is 0 Å². The average molecular weight is 258 g/mol. The summed E-state index contributed by atoms with van der Waals surface area (Å²) in [6.07, 6.45) is 0. The molecule has 5 heteroatoms. The molecular formula is C14H14N2O3. The number of carbonyl (C=O) groups excluding carboxylic acids is 1. The third-order valence-corrected chi connectivity index (χ3v) is 2.79. The summed E-state index contributed by atoms with van der Waals surface area (Å²) in [6, 6.07) is 8.91. The lowest BCUT2D eigenvalue weighted by atomic mass is 10.1. The molecule has 0 saturated carbocycles. The fourth-order valence-electron chi connectivity index (χ4n) is 1.71. The quantitative estimate of drug-likeness (QED) is 0.621. The molecule has 0 aliphatic rings. The highest BCUT2D eigenvalue weighted by molar-refractivity contribution is 6.05. The summed E-state index contributed by atoms with van der Waals surface area (Å²) in [5.74, 6) is -0.774. The van der Waals surface area contributed by atoms with Crippen LogP contribution in [0.1, 0.15) is 15.9 Å². The van der Waals surface area contributed by atoms with Gasteiger partial charge in [-0.15, -0.1) is 0 Å². The van der Waals surface area contributed by atoms with Crippen LogP contribution in [-0.4, -0.2) is 16.1 Å². The van der Waals surface area contributed by atoms with Gasteiger partial charge in [0.25, 0.3) is 5.91 Å². The molecule has 0 radical (unpaired) electrons. The van der Waals surface area contributed by atoms with Gasteiger partial charge in [0.15, 0.2) is 0 Å². The number of anilines is 2. The Morgan fingerprint density at radius 3 is 2.42 bits per heavy atom. The number of aromatic hydroxyl groups is 2. The first-order valence-electron chi connectivity index (χ1n) is 5.67. The summed E-state index contributed by atoms with van der Waals surface area (Å²) < 4.78 is 0. The van der Waals surface area contributed by atoms with Crippen LogP contribution in [0.25, 0.3) is 0 Å². The van der Waals surface area contributed by atoms with Gasteiger partial charge >= 0.3 is 0 Å². The Morgan fingerprint density at radius 2 is 1.79 bits per heavy atom. The number of phenols is 2. The first kappa shape index (κ1) is 12.8. The smallest absolute Gasteiger partial charge is 0.255 e. The summed E-state index contributed by atoms with van der Waals surface area (Å²) >= 11 is 0. The van der Waals surface area contributed by atoms with Crippen molar-refractivity contribution >= 4 is 17.3 Å². The highest BCUT2D eigenvalue weighted by Crippen LogP contribution is 2.24. The van der Waals surface area contributed by atoms with E-state index < -0.39 is 5.91 Å². The van der Waals surface area contributed by atoms with Crippen molar-refractivity contribution < 1.29 is 15.0 Å². The lowest BCUT2D eigenvalue weighted by Crippen LogP contribution is -2.13. The number of amides is 1. The van der Waals surface area contributed by atoms with E-state index in [0.29, 0.717) is 11.4 Å². The van der Waals surface area contributed by atoms with E-state index in [9.17, 15) is 15.0 Å². The molecule has 0 spiro atoms. The van der Waals surface area contributed by atoms with Crippen LogP contribution in [0, 0.1) is 6.92 Å². The Balaban J connectivity index is 2.28. The highest BCUT2D eigenvalue weighted by atomic mass is 16.3. The number of carbonyl (C=O) groups is 1. The normalized spacial score (nSPS) is 10.2. The number of rotatable bonds is 2. The molecule has 0 fully saturated rings. The second-order valence-electron chi connectivity index (χ2n) is 4.21. The van der Waals surface area contributed by atoms with Gasteiger partial charge in [-0.05, 0) is 36.8 Å². The van der Waals surface area contributed by atoms with Gasteiger partial charge in [0.1, 0.15) is 11.5 Å². The van der Waals surface area contributed by atoms with Crippen LogP contribution in [0.3, 0.4) is 0 Å². The molecule has 0 aliphatic carbocycles. The van der Waals surface area contributed by atoms with Crippen LogP contribution < -0.4 is 11.1 Å². The van der Waals surface area contributed by atoms with E-state index in [1.54, 1.807) is 25.1 Å². The Hall–Kier alpha value is -2.69. The maximum atomic E-state index is 12.0. The van der Waals surface area contributed by atoms with Crippen molar-refractivity contribution in [2.75, 3.05) is 11.1 Å². The van der Waals surface area contributed by atoms with E-state index in [2.05, 4.69) is 5.32 Å². The number of nitrogens with one attached hydrogen (secondary N) is 1. The summed E-state index contributed by atoms with van der Waals surface area (Å²) in [5, 5.41) is 21.4. The van der Waals surface area contributed by atoms with Crippen molar-refractivity contribution in [3.8, 4) is 11.5 Å². The van der Waals surface area contributed by atoms with Gasteiger partial charge in [-0.1, -0.05) is 6.07 Å². The zero-order chi connectivity index (χ0) is 14.0. The van der Waals surface area contributed by atoms with Crippen molar-refractivity contribution in [1.29, 1.82) is 0 Å². The minimum Gasteiger partial charge on any atom is -0.508 e. The highest BCUT2D eigenvalue weighted by Gasteiger charge is 2.10. The zero-order valence-electron chi connectivity index (χ0n) is 10.3. The molecular weight excluding hydrogens is 244 g/mol. The number of nitrogen functional groups attached to an aromatic ring is 1. The van der Waals surface area contributed by atoms with Gasteiger partial charge in [0.2, 0.25) is 0 Å². The molecule has 0 heterocycles. The van der Waals surface area contributed by atoms with Crippen molar-refractivity contribution in [2.45, 2.75) is 6.92 Å². The second kappa shape index (κ2) is 4.89. The van der Waals surface area contributed by atoms with E-state index in [1.807, 2.05) is 0 Å². The molecule has 0 atom stereocenters. The standard InChI is InChI=1S/C14H14N2O3/c1-8-12(15)3-2-4-13(8)16-14(19)9-5-10(17)7-11(18)6-9/h2-7,17-18H,15H2,1H3,(H,16,19). The number of nitrogens with two attached hydrogens (primary N) is 1. The van der Waals surface area contributed by atoms with Crippen molar-refractivity contribution in [1.82, 2.24) is 0 Å². The minimum atomic E-state index is -0.431. The summed E-state index contributed by atoms with van der Waals surface area (Å²) in [6.45, 7) is 1.80. The van der Waals surface area contributed by atoms with E-state index >= 15 is 0 Å². The van der Waals surface area contributed by atoms with Gasteiger partial charge in [-0.3, -0.25) is 4.79 Å². The van der Waals surface area contributed by atoms with Crippen LogP contribution in [0.5, 0.6) is 11.5 Å². The molecule has 0 aliphatic heterocycles. The van der Waals surface area contributed by atoms with Crippen molar-refractivity contribution in [3.05, 3.63) is 47.5 Å². The summed E-state index contributed by atoms with van der Waals surface area (Å²) in [7, 11) is 0. The zero-order valence-corrected chi connectivity index (χ0v) is 10.3. The fraction of sp³-hybridized carbons (Fsp3) is 0.0714. The van der Waals surface area contributed by atoms with E-state index in [0.717, 1.165) is 11.6 Å². The van der Waals surface area contributed by atoms with E-state index in [4.69, 9.17) is 5.73 Å². The molecule has 0 saturated heterocycles. The Bertz CT molecular complexity index is 618. The van der Waals surface area contributed by atoms with Gasteiger partial charge < -0.3 is 21.3 Å². The van der Waals surface area contributed by atoms with Gasteiger partial charge in [0, 0.05) is 23.0 Å². The van der Waals surface area contributed by atoms with Crippen LogP contribution in [0.2, 0.25) is 0 Å². The van der Waals surface area contributed by atoms with Crippen molar-refractivity contribution in [2.24, 2.45) is 0 Å². The molecule has 98 valence electrons. The molecule has 0 unspecified atom stereocenters. The molecule has 19 heavy (non-hydrogen) atoms. The second-order valence-corrected chi connectivity index (χ2v) is 4.21. The molecule has 2 aromatic carbocycles. The monoisotopic (exact) mass is 258 g/mol. The first-order chi connectivity index (χ1) is 8.97. The Kier molecular flexibility index (Phi) is 3.29. The first-order valence-corrected chi connectivity index (χ1v) is 5.67. The van der Waals surface area contributed by atoms with Gasteiger partial charge in [-0.2, -0.15) is 0 Å². The summed E-state index contributed by atoms with van der Waals surface area (Å²) in [4.78, 5) is 12.0. The largest absolute Gasteiger partial charge is 0.508 e. The lowest BCUT2D eigenvalue weighted by molar-refractivity contribution is 0.102. The molecule has 2 aromatic rings. The Morgan fingerprint density at radius 1 is 1.16 bits per heavy atom. The average Bonchev–Trinajstić information content (AvgIpc) is 2.33. The number of benzene rings is 2. The minimum absolute atomic E-state index is 0.166.